The Morgan fingerprint density at radius 3 is 2.66 bits per heavy atom. The Morgan fingerprint density at radius 1 is 1.07 bits per heavy atom. The molecule has 0 unspecified atom stereocenters. The van der Waals surface area contributed by atoms with Gasteiger partial charge in [-0.25, -0.2) is 14.4 Å². The normalized spacial score (nSPS) is 20.4. The SMILES string of the molecule is O=C(CC1CCCCC1)N1CCC[C@@H](c2ccnc(Nc3ccc(F)cc3)n2)C1. The number of nitrogens with one attached hydrogen (secondary N) is 1. The third-order valence-corrected chi connectivity index (χ3v) is 6.16. The maximum atomic E-state index is 13.1. The number of likely N-dealkylation sites (tertiary alicyclic amines) is 1. The van der Waals surface area contributed by atoms with E-state index in [0.717, 1.165) is 37.3 Å². The van der Waals surface area contributed by atoms with Gasteiger partial charge in [0.2, 0.25) is 11.9 Å². The number of nitrogens with zero attached hydrogens (tertiary/aromatic N) is 3. The van der Waals surface area contributed by atoms with Gasteiger partial charge in [-0.3, -0.25) is 4.79 Å². The van der Waals surface area contributed by atoms with E-state index in [2.05, 4.69) is 15.3 Å². The van der Waals surface area contributed by atoms with Crippen LogP contribution in [0, 0.1) is 11.7 Å². The molecule has 1 saturated heterocycles. The average molecular weight is 397 g/mol. The molecule has 0 radical (unpaired) electrons. The van der Waals surface area contributed by atoms with E-state index in [9.17, 15) is 9.18 Å². The molecule has 6 heteroatoms. The number of benzene rings is 1. The van der Waals surface area contributed by atoms with Gasteiger partial charge in [0, 0.05) is 37.3 Å². The number of rotatable bonds is 5. The van der Waals surface area contributed by atoms with E-state index in [0.29, 0.717) is 24.2 Å². The monoisotopic (exact) mass is 396 g/mol. The Kier molecular flexibility index (Phi) is 6.37. The molecule has 1 N–H and O–H groups in total. The summed E-state index contributed by atoms with van der Waals surface area (Å²) in [7, 11) is 0. The summed E-state index contributed by atoms with van der Waals surface area (Å²) < 4.78 is 13.1. The average Bonchev–Trinajstić information content (AvgIpc) is 2.76. The van der Waals surface area contributed by atoms with E-state index in [1.54, 1.807) is 18.3 Å². The van der Waals surface area contributed by atoms with Gasteiger partial charge >= 0.3 is 0 Å². The zero-order chi connectivity index (χ0) is 20.1. The molecule has 4 rings (SSSR count). The molecule has 1 aliphatic carbocycles. The molecule has 1 aliphatic heterocycles. The van der Waals surface area contributed by atoms with Crippen LogP contribution in [0.3, 0.4) is 0 Å². The van der Waals surface area contributed by atoms with E-state index >= 15 is 0 Å². The molecular weight excluding hydrogens is 367 g/mol. The Morgan fingerprint density at radius 2 is 1.86 bits per heavy atom. The van der Waals surface area contributed by atoms with Crippen molar-refractivity contribution in [3.05, 3.63) is 48.0 Å². The molecule has 2 aliphatic rings. The van der Waals surface area contributed by atoms with Crippen molar-refractivity contribution in [2.45, 2.75) is 57.3 Å². The van der Waals surface area contributed by atoms with Crippen LogP contribution in [-0.4, -0.2) is 33.9 Å². The molecule has 2 fully saturated rings. The highest BCUT2D eigenvalue weighted by molar-refractivity contribution is 5.76. The molecule has 29 heavy (non-hydrogen) atoms. The van der Waals surface area contributed by atoms with Crippen molar-refractivity contribution in [3.8, 4) is 0 Å². The number of halogens is 1. The summed E-state index contributed by atoms with van der Waals surface area (Å²) in [6, 6.07) is 8.08. The first-order valence-corrected chi connectivity index (χ1v) is 10.8. The van der Waals surface area contributed by atoms with Crippen molar-refractivity contribution in [2.24, 2.45) is 5.92 Å². The summed E-state index contributed by atoms with van der Waals surface area (Å²) >= 11 is 0. The number of carbonyl (C=O) groups excluding carboxylic acids is 1. The van der Waals surface area contributed by atoms with Crippen LogP contribution in [0.2, 0.25) is 0 Å². The fraction of sp³-hybridized carbons (Fsp3) is 0.522. The summed E-state index contributed by atoms with van der Waals surface area (Å²) in [4.78, 5) is 23.8. The van der Waals surface area contributed by atoms with Gasteiger partial charge in [0.15, 0.2) is 0 Å². The number of aromatic nitrogens is 2. The molecule has 154 valence electrons. The van der Waals surface area contributed by atoms with Gasteiger partial charge in [-0.15, -0.1) is 0 Å². The van der Waals surface area contributed by atoms with Crippen molar-refractivity contribution < 1.29 is 9.18 Å². The van der Waals surface area contributed by atoms with E-state index in [1.807, 2.05) is 11.0 Å². The second-order valence-electron chi connectivity index (χ2n) is 8.32. The highest BCUT2D eigenvalue weighted by Gasteiger charge is 2.27. The highest BCUT2D eigenvalue weighted by Crippen LogP contribution is 2.30. The van der Waals surface area contributed by atoms with Crippen molar-refractivity contribution in [3.63, 3.8) is 0 Å². The molecule has 2 aromatic rings. The van der Waals surface area contributed by atoms with E-state index in [4.69, 9.17) is 0 Å². The molecule has 1 amide bonds. The standard InChI is InChI=1S/C23H29FN4O/c24-19-8-10-20(11-9-19)26-23-25-13-12-21(27-23)18-7-4-14-28(16-18)22(29)15-17-5-2-1-3-6-17/h8-13,17-18H,1-7,14-16H2,(H,25,26,27)/t18-/m1/s1. The van der Waals surface area contributed by atoms with Gasteiger partial charge < -0.3 is 10.2 Å². The number of hydrogen-bond acceptors (Lipinski definition) is 4. The molecule has 1 aromatic carbocycles. The largest absolute Gasteiger partial charge is 0.342 e. The first-order chi connectivity index (χ1) is 14.2. The Labute approximate surface area is 171 Å². The number of piperidine rings is 1. The quantitative estimate of drug-likeness (QED) is 0.770. The third kappa shape index (κ3) is 5.31. The van der Waals surface area contributed by atoms with Crippen molar-refractivity contribution in [2.75, 3.05) is 18.4 Å². The van der Waals surface area contributed by atoms with E-state index in [-0.39, 0.29) is 11.7 Å². The third-order valence-electron chi connectivity index (χ3n) is 6.16. The lowest BCUT2D eigenvalue weighted by atomic mass is 9.86. The zero-order valence-corrected chi connectivity index (χ0v) is 16.8. The van der Waals surface area contributed by atoms with Gasteiger partial charge in [0.1, 0.15) is 5.82 Å². The van der Waals surface area contributed by atoms with Gasteiger partial charge in [-0.1, -0.05) is 19.3 Å². The fourth-order valence-corrected chi connectivity index (χ4v) is 4.53. The van der Waals surface area contributed by atoms with Gasteiger partial charge in [-0.2, -0.15) is 0 Å². The highest BCUT2D eigenvalue weighted by atomic mass is 19.1. The van der Waals surface area contributed by atoms with Crippen LogP contribution in [0.15, 0.2) is 36.5 Å². The second-order valence-corrected chi connectivity index (χ2v) is 8.32. The number of anilines is 2. The Balaban J connectivity index is 1.38. The maximum Gasteiger partial charge on any atom is 0.227 e. The topological polar surface area (TPSA) is 58.1 Å². The van der Waals surface area contributed by atoms with Gasteiger partial charge in [-0.05, 0) is 61.9 Å². The predicted octanol–water partition coefficient (Wildman–Crippen LogP) is 5.04. The lowest BCUT2D eigenvalue weighted by Crippen LogP contribution is -2.40. The lowest BCUT2D eigenvalue weighted by Gasteiger charge is -2.34. The fourth-order valence-electron chi connectivity index (χ4n) is 4.53. The van der Waals surface area contributed by atoms with Crippen molar-refractivity contribution in [1.29, 1.82) is 0 Å². The molecular formula is C23H29FN4O. The van der Waals surface area contributed by atoms with Crippen LogP contribution in [0.4, 0.5) is 16.0 Å². The molecule has 0 spiro atoms. The lowest BCUT2D eigenvalue weighted by molar-refractivity contribution is -0.133. The van der Waals surface area contributed by atoms with E-state index < -0.39 is 0 Å². The predicted molar refractivity (Wildman–Crippen MR) is 111 cm³/mol. The molecule has 1 saturated carbocycles. The van der Waals surface area contributed by atoms with Crippen molar-refractivity contribution >= 4 is 17.5 Å². The minimum absolute atomic E-state index is 0.232. The molecule has 5 nitrogen and oxygen atoms in total. The first-order valence-electron chi connectivity index (χ1n) is 10.8. The summed E-state index contributed by atoms with van der Waals surface area (Å²) in [6.45, 7) is 1.59. The molecule has 1 aromatic heterocycles. The van der Waals surface area contributed by atoms with Crippen LogP contribution in [0.25, 0.3) is 0 Å². The maximum absolute atomic E-state index is 13.1. The summed E-state index contributed by atoms with van der Waals surface area (Å²) in [5, 5.41) is 3.13. The summed E-state index contributed by atoms with van der Waals surface area (Å²) in [5.74, 6) is 1.34. The molecule has 2 heterocycles. The first kappa shape index (κ1) is 19.8. The Hall–Kier alpha value is -2.50. The van der Waals surface area contributed by atoms with Gasteiger partial charge in [0.25, 0.3) is 0 Å². The van der Waals surface area contributed by atoms with E-state index in [1.165, 1.54) is 44.2 Å². The van der Waals surface area contributed by atoms with Crippen LogP contribution >= 0.6 is 0 Å². The minimum Gasteiger partial charge on any atom is -0.342 e. The molecule has 1 atom stereocenters. The second kappa shape index (κ2) is 9.33. The number of hydrogen-bond donors (Lipinski definition) is 1. The minimum atomic E-state index is -0.273. The van der Waals surface area contributed by atoms with Crippen molar-refractivity contribution in [1.82, 2.24) is 14.9 Å². The van der Waals surface area contributed by atoms with Crippen LogP contribution < -0.4 is 5.32 Å². The summed E-state index contributed by atoms with van der Waals surface area (Å²) in [6.07, 6.45) is 10.7. The van der Waals surface area contributed by atoms with Crippen LogP contribution in [-0.2, 0) is 4.79 Å². The summed E-state index contributed by atoms with van der Waals surface area (Å²) in [5.41, 5.74) is 1.70. The Bertz CT molecular complexity index is 820. The van der Waals surface area contributed by atoms with Crippen LogP contribution in [0.5, 0.6) is 0 Å². The molecule has 0 bridgehead atoms. The van der Waals surface area contributed by atoms with Crippen LogP contribution in [0.1, 0.15) is 63.0 Å². The van der Waals surface area contributed by atoms with Gasteiger partial charge in [0.05, 0.1) is 5.69 Å². The number of amides is 1. The zero-order valence-electron chi connectivity index (χ0n) is 16.8. The number of carbonyl (C=O) groups is 1. The smallest absolute Gasteiger partial charge is 0.227 e.